The van der Waals surface area contributed by atoms with Crippen molar-refractivity contribution in [3.05, 3.63) is 65.5 Å². The van der Waals surface area contributed by atoms with E-state index in [1.165, 1.54) is 13.2 Å². The van der Waals surface area contributed by atoms with Crippen molar-refractivity contribution in [2.75, 3.05) is 20.3 Å². The molecule has 0 aliphatic rings. The van der Waals surface area contributed by atoms with Gasteiger partial charge in [-0.15, -0.1) is 0 Å². The van der Waals surface area contributed by atoms with Crippen molar-refractivity contribution in [1.29, 1.82) is 0 Å². The van der Waals surface area contributed by atoms with Crippen LogP contribution >= 0.6 is 7.60 Å². The number of esters is 1. The molecule has 2 aromatic rings. The van der Waals surface area contributed by atoms with Gasteiger partial charge in [-0.3, -0.25) is 4.57 Å². The lowest BCUT2D eigenvalue weighted by molar-refractivity contribution is -0.135. The van der Waals surface area contributed by atoms with Crippen LogP contribution in [0.5, 0.6) is 0 Å². The Hall–Kier alpha value is -2.20. The van der Waals surface area contributed by atoms with Crippen LogP contribution in [0, 0.1) is 0 Å². The van der Waals surface area contributed by atoms with E-state index in [9.17, 15) is 9.36 Å². The number of rotatable bonds is 8. The molecule has 2 aromatic carbocycles. The highest BCUT2D eigenvalue weighted by molar-refractivity contribution is 7.60. The van der Waals surface area contributed by atoms with Crippen LogP contribution in [-0.2, 0) is 23.1 Å². The van der Waals surface area contributed by atoms with Crippen molar-refractivity contribution in [2.24, 2.45) is 0 Å². The van der Waals surface area contributed by atoms with Crippen LogP contribution in [0.4, 0.5) is 0 Å². The minimum Gasteiger partial charge on any atom is -0.465 e. The van der Waals surface area contributed by atoms with Crippen LogP contribution in [0.3, 0.4) is 0 Å². The van der Waals surface area contributed by atoms with Gasteiger partial charge in [-0.05, 0) is 36.6 Å². The van der Waals surface area contributed by atoms with Crippen LogP contribution < -0.4 is 0 Å². The molecule has 0 spiro atoms. The Bertz CT molecular complexity index is 787. The van der Waals surface area contributed by atoms with E-state index in [0.717, 1.165) is 11.1 Å². The molecule has 26 heavy (non-hydrogen) atoms. The van der Waals surface area contributed by atoms with Crippen LogP contribution in [0.15, 0.2) is 59.9 Å². The first-order chi connectivity index (χ1) is 12.5. The second-order valence-electron chi connectivity index (χ2n) is 5.34. The van der Waals surface area contributed by atoms with Gasteiger partial charge in [0.25, 0.3) is 0 Å². The number of methoxy groups -OCH3 is 1. The molecule has 0 amide bonds. The fraction of sp³-hybridized carbons (Fsp3) is 0.250. The molecular formula is C20H23O5P. The summed E-state index contributed by atoms with van der Waals surface area (Å²) in [6, 6.07) is 17.5. The smallest absolute Gasteiger partial charge is 0.368 e. The molecule has 0 aromatic heterocycles. The highest BCUT2D eigenvalue weighted by Gasteiger charge is 2.35. The Morgan fingerprint density at radius 1 is 0.923 bits per heavy atom. The summed E-state index contributed by atoms with van der Waals surface area (Å²) < 4.78 is 28.3. The van der Waals surface area contributed by atoms with E-state index in [2.05, 4.69) is 0 Å². The van der Waals surface area contributed by atoms with Crippen LogP contribution in [-0.4, -0.2) is 26.3 Å². The van der Waals surface area contributed by atoms with E-state index in [1.54, 1.807) is 13.8 Å². The largest absolute Gasteiger partial charge is 0.465 e. The van der Waals surface area contributed by atoms with Crippen LogP contribution in [0.2, 0.25) is 0 Å². The molecule has 138 valence electrons. The SMILES string of the molecule is CCOP(=O)(OCC)/C(=C/c1ccc(-c2ccccc2)cc1)C(=O)OC. The fourth-order valence-corrected chi connectivity index (χ4v) is 4.09. The molecule has 6 heteroatoms. The van der Waals surface area contributed by atoms with Crippen molar-refractivity contribution in [3.8, 4) is 11.1 Å². The molecular weight excluding hydrogens is 351 g/mol. The van der Waals surface area contributed by atoms with Gasteiger partial charge in [-0.25, -0.2) is 4.79 Å². The van der Waals surface area contributed by atoms with Crippen LogP contribution in [0.25, 0.3) is 17.2 Å². The minimum atomic E-state index is -3.75. The maximum absolute atomic E-state index is 13.0. The maximum Gasteiger partial charge on any atom is 0.368 e. The Morgan fingerprint density at radius 3 is 1.96 bits per heavy atom. The number of ether oxygens (including phenoxy) is 1. The van der Waals surface area contributed by atoms with E-state index in [0.29, 0.717) is 5.56 Å². The maximum atomic E-state index is 13.0. The summed E-state index contributed by atoms with van der Waals surface area (Å²) in [5.74, 6) is -0.734. The Balaban J connectivity index is 2.40. The molecule has 0 radical (unpaired) electrons. The first-order valence-corrected chi connectivity index (χ1v) is 9.93. The third-order valence-electron chi connectivity index (χ3n) is 3.61. The van der Waals surface area contributed by atoms with Crippen molar-refractivity contribution in [1.82, 2.24) is 0 Å². The van der Waals surface area contributed by atoms with E-state index in [4.69, 9.17) is 13.8 Å². The van der Waals surface area contributed by atoms with Crippen LogP contribution in [0.1, 0.15) is 19.4 Å². The summed E-state index contributed by atoms with van der Waals surface area (Å²) in [6.45, 7) is 3.68. The molecule has 0 bridgehead atoms. The number of carbonyl (C=O) groups excluding carboxylic acids is 1. The molecule has 0 unspecified atom stereocenters. The van der Waals surface area contributed by atoms with Crippen molar-refractivity contribution < 1.29 is 23.1 Å². The van der Waals surface area contributed by atoms with Gasteiger partial charge in [-0.2, -0.15) is 0 Å². The second-order valence-corrected chi connectivity index (χ2v) is 7.34. The van der Waals surface area contributed by atoms with Gasteiger partial charge in [0.2, 0.25) is 0 Å². The predicted octanol–water partition coefficient (Wildman–Crippen LogP) is 5.13. The molecule has 0 aliphatic carbocycles. The molecule has 0 atom stereocenters. The van der Waals surface area contributed by atoms with Gasteiger partial charge in [0.05, 0.1) is 20.3 Å². The zero-order valence-corrected chi connectivity index (χ0v) is 16.1. The highest BCUT2D eigenvalue weighted by Crippen LogP contribution is 2.56. The van der Waals surface area contributed by atoms with E-state index < -0.39 is 13.6 Å². The molecule has 0 heterocycles. The van der Waals surface area contributed by atoms with E-state index in [-0.39, 0.29) is 18.5 Å². The Morgan fingerprint density at radius 2 is 1.46 bits per heavy atom. The van der Waals surface area contributed by atoms with Gasteiger partial charge < -0.3 is 13.8 Å². The molecule has 0 fully saturated rings. The highest BCUT2D eigenvalue weighted by atomic mass is 31.2. The third kappa shape index (κ3) is 4.92. The summed E-state index contributed by atoms with van der Waals surface area (Å²) in [5.41, 5.74) is 2.83. The zero-order valence-electron chi connectivity index (χ0n) is 15.2. The molecule has 2 rings (SSSR count). The quantitative estimate of drug-likeness (QED) is 0.364. The first-order valence-electron chi connectivity index (χ1n) is 8.39. The molecule has 0 N–H and O–H groups in total. The van der Waals surface area contributed by atoms with Gasteiger partial charge in [0.15, 0.2) is 0 Å². The number of hydrogen-bond acceptors (Lipinski definition) is 5. The van der Waals surface area contributed by atoms with Crippen molar-refractivity contribution in [2.45, 2.75) is 13.8 Å². The average Bonchev–Trinajstić information content (AvgIpc) is 2.67. The second kappa shape index (κ2) is 9.48. The summed E-state index contributed by atoms with van der Waals surface area (Å²) >= 11 is 0. The van der Waals surface area contributed by atoms with Gasteiger partial charge >= 0.3 is 13.6 Å². The monoisotopic (exact) mass is 374 g/mol. The minimum absolute atomic E-state index is 0.115. The standard InChI is InChI=1S/C20H23O5P/c1-4-24-26(22,25-5-2)19(20(21)23-3)15-16-11-13-18(14-12-16)17-9-7-6-8-10-17/h6-15H,4-5H2,1-3H3/b19-15+. The topological polar surface area (TPSA) is 61.8 Å². The summed E-state index contributed by atoms with van der Waals surface area (Å²) in [7, 11) is -2.52. The van der Waals surface area contributed by atoms with Gasteiger partial charge in [0, 0.05) is 0 Å². The van der Waals surface area contributed by atoms with E-state index in [1.807, 2.05) is 54.6 Å². The first kappa shape index (κ1) is 20.1. The van der Waals surface area contributed by atoms with E-state index >= 15 is 0 Å². The molecule has 5 nitrogen and oxygen atoms in total. The predicted molar refractivity (Wildman–Crippen MR) is 103 cm³/mol. The van der Waals surface area contributed by atoms with Gasteiger partial charge in [0.1, 0.15) is 5.31 Å². The fourth-order valence-electron chi connectivity index (χ4n) is 2.43. The lowest BCUT2D eigenvalue weighted by Crippen LogP contribution is -2.09. The van der Waals surface area contributed by atoms with Crippen molar-refractivity contribution >= 4 is 19.6 Å². The Kier molecular flexibility index (Phi) is 7.34. The Labute approximate surface area is 154 Å². The summed E-state index contributed by atoms with van der Waals surface area (Å²) in [4.78, 5) is 12.2. The molecule has 0 saturated heterocycles. The number of benzene rings is 2. The average molecular weight is 374 g/mol. The lowest BCUT2D eigenvalue weighted by Gasteiger charge is -2.18. The summed E-state index contributed by atoms with van der Waals surface area (Å²) in [6.07, 6.45) is 1.49. The zero-order chi connectivity index (χ0) is 19.0. The lowest BCUT2D eigenvalue weighted by atomic mass is 10.0. The molecule has 0 aliphatic heterocycles. The summed E-state index contributed by atoms with van der Waals surface area (Å²) in [5, 5.41) is -0.115. The van der Waals surface area contributed by atoms with Crippen molar-refractivity contribution in [3.63, 3.8) is 0 Å². The number of carbonyl (C=O) groups is 1. The van der Waals surface area contributed by atoms with Gasteiger partial charge in [-0.1, -0.05) is 54.6 Å². The normalized spacial score (nSPS) is 12.0. The number of hydrogen-bond donors (Lipinski definition) is 0. The molecule has 0 saturated carbocycles. The third-order valence-corrected chi connectivity index (χ3v) is 5.71.